The number of primary amides is 1. The fraction of sp³-hybridized carbons (Fsp3) is 0.471. The molecule has 4 amide bonds. The summed E-state index contributed by atoms with van der Waals surface area (Å²) in [4.78, 5) is 39.6. The van der Waals surface area contributed by atoms with Crippen molar-refractivity contribution < 1.29 is 14.4 Å². The van der Waals surface area contributed by atoms with Gasteiger partial charge in [-0.05, 0) is 31.0 Å². The van der Waals surface area contributed by atoms with Crippen LogP contribution in [0.3, 0.4) is 0 Å². The molecular weight excluding hydrogens is 358 g/mol. The standard InChI is InChI=1S/C17H23N5O3.ClH/c18-17(25)20-13-4-1-3-12(9-13)16(24)21-7-2-5-14(11-21)22-8-6-19-10-15(22)23;/h1,3-4,9,14,19H,2,5-8,10-11H2,(H3,18,20,25);1H. The van der Waals surface area contributed by atoms with E-state index < -0.39 is 6.03 Å². The van der Waals surface area contributed by atoms with E-state index in [2.05, 4.69) is 10.6 Å². The predicted octanol–water partition coefficient (Wildman–Crippen LogP) is 0.635. The third-order valence-electron chi connectivity index (χ3n) is 4.63. The first kappa shape index (κ1) is 20.0. The van der Waals surface area contributed by atoms with Gasteiger partial charge in [-0.1, -0.05) is 6.07 Å². The maximum atomic E-state index is 12.8. The second kappa shape index (κ2) is 8.86. The van der Waals surface area contributed by atoms with Gasteiger partial charge in [0, 0.05) is 43.5 Å². The SMILES string of the molecule is Cl.NC(=O)Nc1cccc(C(=O)N2CCCC(N3CCNCC3=O)C2)c1. The molecule has 1 aromatic rings. The molecule has 3 rings (SSSR count). The summed E-state index contributed by atoms with van der Waals surface area (Å²) in [6.45, 7) is 3.05. The highest BCUT2D eigenvalue weighted by molar-refractivity contribution is 5.96. The molecule has 2 fully saturated rings. The molecule has 0 aromatic heterocycles. The molecule has 0 saturated carbocycles. The second-order valence-electron chi connectivity index (χ2n) is 6.38. The number of hydrogen-bond donors (Lipinski definition) is 3. The van der Waals surface area contributed by atoms with Crippen molar-refractivity contribution >= 4 is 35.9 Å². The van der Waals surface area contributed by atoms with Gasteiger partial charge in [-0.3, -0.25) is 9.59 Å². The third kappa shape index (κ3) is 4.64. The Morgan fingerprint density at radius 1 is 1.27 bits per heavy atom. The topological polar surface area (TPSA) is 108 Å². The lowest BCUT2D eigenvalue weighted by Crippen LogP contribution is -2.57. The molecule has 2 aliphatic rings. The highest BCUT2D eigenvalue weighted by Gasteiger charge is 2.31. The molecule has 8 nitrogen and oxygen atoms in total. The fourth-order valence-corrected chi connectivity index (χ4v) is 3.46. The van der Waals surface area contributed by atoms with Gasteiger partial charge in [-0.15, -0.1) is 12.4 Å². The lowest BCUT2D eigenvalue weighted by molar-refractivity contribution is -0.135. The van der Waals surface area contributed by atoms with Gasteiger partial charge in [-0.2, -0.15) is 0 Å². The number of carbonyl (C=O) groups is 3. The molecule has 2 heterocycles. The number of halogens is 1. The summed E-state index contributed by atoms with van der Waals surface area (Å²) in [6.07, 6.45) is 1.78. The van der Waals surface area contributed by atoms with Gasteiger partial charge in [0.2, 0.25) is 5.91 Å². The van der Waals surface area contributed by atoms with Crippen molar-refractivity contribution in [1.29, 1.82) is 0 Å². The second-order valence-corrected chi connectivity index (χ2v) is 6.38. The van der Waals surface area contributed by atoms with Gasteiger partial charge in [0.15, 0.2) is 0 Å². The number of rotatable bonds is 3. The number of carbonyl (C=O) groups excluding carboxylic acids is 3. The van der Waals surface area contributed by atoms with Gasteiger partial charge in [0.05, 0.1) is 6.54 Å². The molecule has 1 aromatic carbocycles. The zero-order valence-electron chi connectivity index (χ0n) is 14.4. The van der Waals surface area contributed by atoms with Gasteiger partial charge >= 0.3 is 6.03 Å². The van der Waals surface area contributed by atoms with E-state index in [0.717, 1.165) is 19.4 Å². The largest absolute Gasteiger partial charge is 0.351 e. The molecule has 9 heteroatoms. The summed E-state index contributed by atoms with van der Waals surface area (Å²) in [7, 11) is 0. The average molecular weight is 382 g/mol. The van der Waals surface area contributed by atoms with Crippen molar-refractivity contribution in [3.05, 3.63) is 29.8 Å². The molecule has 0 aliphatic carbocycles. The van der Waals surface area contributed by atoms with E-state index in [0.29, 0.717) is 37.4 Å². The Morgan fingerprint density at radius 3 is 2.81 bits per heavy atom. The van der Waals surface area contributed by atoms with Crippen molar-refractivity contribution in [1.82, 2.24) is 15.1 Å². The van der Waals surface area contributed by atoms with Crippen molar-refractivity contribution in [2.75, 3.05) is 38.0 Å². The monoisotopic (exact) mass is 381 g/mol. The summed E-state index contributed by atoms with van der Waals surface area (Å²) in [6, 6.07) is 6.12. The number of nitrogens with zero attached hydrogens (tertiary/aromatic N) is 2. The minimum atomic E-state index is -0.667. The first-order valence-corrected chi connectivity index (χ1v) is 8.50. The Bertz CT molecular complexity index is 684. The molecule has 26 heavy (non-hydrogen) atoms. The van der Waals surface area contributed by atoms with Crippen LogP contribution in [0.25, 0.3) is 0 Å². The number of benzene rings is 1. The number of hydrogen-bond acceptors (Lipinski definition) is 4. The van der Waals surface area contributed by atoms with Crippen LogP contribution in [0.2, 0.25) is 0 Å². The van der Waals surface area contributed by atoms with Gasteiger partial charge < -0.3 is 26.2 Å². The Kier molecular flexibility index (Phi) is 6.82. The molecule has 0 bridgehead atoms. The van der Waals surface area contributed by atoms with Gasteiger partial charge in [-0.25, -0.2) is 4.79 Å². The van der Waals surface area contributed by atoms with E-state index in [9.17, 15) is 14.4 Å². The van der Waals surface area contributed by atoms with Crippen LogP contribution in [0.5, 0.6) is 0 Å². The van der Waals surface area contributed by atoms with Crippen molar-refractivity contribution in [2.45, 2.75) is 18.9 Å². The zero-order chi connectivity index (χ0) is 17.8. The molecule has 1 atom stereocenters. The molecule has 0 radical (unpaired) electrons. The summed E-state index contributed by atoms with van der Waals surface area (Å²) in [5.41, 5.74) is 6.11. The number of piperidine rings is 1. The molecule has 1 unspecified atom stereocenters. The number of piperazine rings is 1. The van der Waals surface area contributed by atoms with Crippen molar-refractivity contribution in [3.8, 4) is 0 Å². The van der Waals surface area contributed by atoms with Crippen LogP contribution in [0.1, 0.15) is 23.2 Å². The van der Waals surface area contributed by atoms with Crippen LogP contribution in [-0.2, 0) is 4.79 Å². The highest BCUT2D eigenvalue weighted by atomic mass is 35.5. The predicted molar refractivity (Wildman–Crippen MR) is 100 cm³/mol. The Balaban J connectivity index is 0.00000243. The first-order chi connectivity index (χ1) is 12.0. The van der Waals surface area contributed by atoms with Crippen LogP contribution < -0.4 is 16.4 Å². The number of likely N-dealkylation sites (tertiary alicyclic amines) is 1. The van der Waals surface area contributed by atoms with E-state index in [-0.39, 0.29) is 30.3 Å². The molecule has 2 aliphatic heterocycles. The number of nitrogens with two attached hydrogens (primary N) is 1. The lowest BCUT2D eigenvalue weighted by Gasteiger charge is -2.41. The summed E-state index contributed by atoms with van der Waals surface area (Å²) in [5.74, 6) is -0.00129. The number of anilines is 1. The van der Waals surface area contributed by atoms with Crippen molar-refractivity contribution in [2.24, 2.45) is 5.73 Å². The minimum Gasteiger partial charge on any atom is -0.351 e. The Hall–Kier alpha value is -2.32. The van der Waals surface area contributed by atoms with Crippen molar-refractivity contribution in [3.63, 3.8) is 0 Å². The zero-order valence-corrected chi connectivity index (χ0v) is 15.3. The fourth-order valence-electron chi connectivity index (χ4n) is 3.46. The van der Waals surface area contributed by atoms with E-state index >= 15 is 0 Å². The molecule has 2 saturated heterocycles. The van der Waals surface area contributed by atoms with Gasteiger partial charge in [0.1, 0.15) is 0 Å². The smallest absolute Gasteiger partial charge is 0.316 e. The van der Waals surface area contributed by atoms with E-state index in [4.69, 9.17) is 5.73 Å². The maximum absolute atomic E-state index is 12.8. The molecule has 0 spiro atoms. The number of nitrogens with one attached hydrogen (secondary N) is 2. The number of urea groups is 1. The van der Waals surface area contributed by atoms with Crippen LogP contribution >= 0.6 is 12.4 Å². The van der Waals surface area contributed by atoms with Crippen LogP contribution in [-0.4, -0.2) is 66.4 Å². The summed E-state index contributed by atoms with van der Waals surface area (Å²) < 4.78 is 0. The summed E-state index contributed by atoms with van der Waals surface area (Å²) in [5, 5.41) is 5.55. The normalized spacial score (nSPS) is 20.3. The third-order valence-corrected chi connectivity index (χ3v) is 4.63. The molecule has 142 valence electrons. The summed E-state index contributed by atoms with van der Waals surface area (Å²) >= 11 is 0. The molecule has 4 N–H and O–H groups in total. The first-order valence-electron chi connectivity index (χ1n) is 8.50. The van der Waals surface area contributed by atoms with Gasteiger partial charge in [0.25, 0.3) is 5.91 Å². The highest BCUT2D eigenvalue weighted by Crippen LogP contribution is 2.20. The van der Waals surface area contributed by atoms with E-state index in [1.165, 1.54) is 0 Å². The average Bonchev–Trinajstić information content (AvgIpc) is 2.61. The molecular formula is C17H24ClN5O3. The number of amides is 4. The van der Waals surface area contributed by atoms with E-state index in [1.807, 2.05) is 4.90 Å². The minimum absolute atomic E-state index is 0. The quantitative estimate of drug-likeness (QED) is 0.713. The maximum Gasteiger partial charge on any atom is 0.316 e. The van der Waals surface area contributed by atoms with Crippen LogP contribution in [0.4, 0.5) is 10.5 Å². The Labute approximate surface area is 158 Å². The Morgan fingerprint density at radius 2 is 2.08 bits per heavy atom. The van der Waals surface area contributed by atoms with Crippen LogP contribution in [0.15, 0.2) is 24.3 Å². The van der Waals surface area contributed by atoms with E-state index in [1.54, 1.807) is 29.2 Å². The lowest BCUT2D eigenvalue weighted by atomic mass is 10.0. The van der Waals surface area contributed by atoms with Crippen LogP contribution in [0, 0.1) is 0 Å².